The average molecular weight is 536 g/mol. The molecule has 0 amide bonds. The maximum Gasteiger partial charge on any atom is 0.309 e. The van der Waals surface area contributed by atoms with E-state index in [4.69, 9.17) is 22.6 Å². The summed E-state index contributed by atoms with van der Waals surface area (Å²) in [5.74, 6) is 1.11. The van der Waals surface area contributed by atoms with Crippen molar-refractivity contribution in [3.05, 3.63) is 59.2 Å². The molecule has 2 aromatic carbocycles. The van der Waals surface area contributed by atoms with Crippen LogP contribution in [-0.4, -0.2) is 51.8 Å². The zero-order valence-corrected chi connectivity index (χ0v) is 19.8. The third-order valence-corrected chi connectivity index (χ3v) is 6.98. The van der Waals surface area contributed by atoms with Crippen molar-refractivity contribution < 1.29 is 22.4 Å². The zero-order valence-electron chi connectivity index (χ0n) is 17.7. The lowest BCUT2D eigenvalue weighted by molar-refractivity contribution is -0.147. The number of halogens is 1. The maximum atomic E-state index is 10.9. The molecule has 1 saturated heterocycles. The standard InChI is InChI=1S/C23H25IN2O5/c1-14(2)30-19-9-8-17(10-20(19)29-3)21-24-31-22(25-21)16-6-4-15(5-7-16)11-26-12-18(13-26)23(27)28/h4-10,14,18H,11-13H2,1-3H3,(H,27,28). The number of rotatable bonds is 8. The summed E-state index contributed by atoms with van der Waals surface area (Å²) in [4.78, 5) is 17.8. The number of carbonyl (C=O) groups is 1. The number of carboxylic acid groups (broad SMARTS) is 1. The molecule has 2 aromatic rings. The van der Waals surface area contributed by atoms with Crippen LogP contribution in [0, 0.1) is 5.92 Å². The van der Waals surface area contributed by atoms with E-state index in [-0.39, 0.29) is 12.0 Å². The van der Waals surface area contributed by atoms with Crippen molar-refractivity contribution in [1.29, 1.82) is 0 Å². The van der Waals surface area contributed by atoms with E-state index in [1.807, 2.05) is 56.3 Å². The summed E-state index contributed by atoms with van der Waals surface area (Å²) in [5, 5.41) is 8.99. The predicted molar refractivity (Wildman–Crippen MR) is 127 cm³/mol. The van der Waals surface area contributed by atoms with Crippen molar-refractivity contribution in [2.45, 2.75) is 26.5 Å². The molecule has 0 spiro atoms. The van der Waals surface area contributed by atoms with Crippen LogP contribution < -0.4 is 9.47 Å². The summed E-state index contributed by atoms with van der Waals surface area (Å²) < 4.78 is 18.2. The van der Waals surface area contributed by atoms with Crippen molar-refractivity contribution in [2.24, 2.45) is 10.9 Å². The molecule has 0 aromatic heterocycles. The van der Waals surface area contributed by atoms with Gasteiger partial charge in [0.25, 0.3) is 0 Å². The molecule has 0 radical (unpaired) electrons. The normalized spacial score (nSPS) is 16.6. The second-order valence-corrected chi connectivity index (χ2v) is 9.72. The highest BCUT2D eigenvalue weighted by molar-refractivity contribution is 14.2. The Labute approximate surface area is 191 Å². The van der Waals surface area contributed by atoms with Crippen molar-refractivity contribution in [1.82, 2.24) is 4.90 Å². The number of aliphatic carboxylic acids is 1. The third-order valence-electron chi connectivity index (χ3n) is 5.06. The van der Waals surface area contributed by atoms with Gasteiger partial charge >= 0.3 is 5.97 Å². The molecule has 8 heteroatoms. The van der Waals surface area contributed by atoms with E-state index >= 15 is 0 Å². The fourth-order valence-electron chi connectivity index (χ4n) is 3.43. The molecule has 1 N–H and O–H groups in total. The van der Waals surface area contributed by atoms with Gasteiger partial charge in [-0.2, -0.15) is 0 Å². The molecule has 0 saturated carbocycles. The van der Waals surface area contributed by atoms with Crippen molar-refractivity contribution >= 4 is 36.6 Å². The first kappa shape index (κ1) is 21.8. The number of carboxylic acids is 1. The molecule has 0 unspecified atom stereocenters. The number of hydrogen-bond donors (Lipinski definition) is 1. The molecule has 31 heavy (non-hydrogen) atoms. The van der Waals surface area contributed by atoms with Crippen LogP contribution in [0.4, 0.5) is 0 Å². The summed E-state index contributed by atoms with van der Waals surface area (Å²) >= 11 is -0.688. The number of methoxy groups -OCH3 is 1. The highest BCUT2D eigenvalue weighted by atomic mass is 127. The summed E-state index contributed by atoms with van der Waals surface area (Å²) in [7, 11) is 1.63. The molecule has 1 fully saturated rings. The van der Waals surface area contributed by atoms with Gasteiger partial charge in [-0.15, -0.1) is 0 Å². The highest BCUT2D eigenvalue weighted by Gasteiger charge is 2.32. The van der Waals surface area contributed by atoms with Gasteiger partial charge in [-0.05, 0) is 49.7 Å². The molecule has 164 valence electrons. The fourth-order valence-corrected chi connectivity index (χ4v) is 5.11. The minimum atomic E-state index is -0.710. The Bertz CT molecular complexity index is 1030. The number of ether oxygens (including phenoxy) is 2. The monoisotopic (exact) mass is 536 g/mol. The van der Waals surface area contributed by atoms with E-state index < -0.39 is 27.1 Å². The molecule has 0 bridgehead atoms. The van der Waals surface area contributed by atoms with Gasteiger partial charge in [-0.1, -0.05) is 12.1 Å². The van der Waals surface area contributed by atoms with E-state index in [1.54, 1.807) is 7.11 Å². The van der Waals surface area contributed by atoms with E-state index in [0.29, 0.717) is 24.7 Å². The van der Waals surface area contributed by atoms with E-state index in [1.165, 1.54) is 0 Å². The van der Waals surface area contributed by atoms with Gasteiger partial charge in [0.15, 0.2) is 11.5 Å². The summed E-state index contributed by atoms with van der Waals surface area (Å²) in [6, 6.07) is 14.0. The van der Waals surface area contributed by atoms with Gasteiger partial charge in [0.2, 0.25) is 5.90 Å². The van der Waals surface area contributed by atoms with E-state index in [2.05, 4.69) is 4.90 Å². The molecular formula is C23H25IN2O5. The second-order valence-electron chi connectivity index (χ2n) is 7.82. The highest BCUT2D eigenvalue weighted by Crippen LogP contribution is 2.32. The van der Waals surface area contributed by atoms with Crippen LogP contribution in [0.5, 0.6) is 11.5 Å². The van der Waals surface area contributed by atoms with Gasteiger partial charge < -0.3 is 17.6 Å². The number of likely N-dealkylation sites (tertiary alicyclic amines) is 1. The quantitative estimate of drug-likeness (QED) is 0.517. The van der Waals surface area contributed by atoms with Crippen molar-refractivity contribution in [3.8, 4) is 11.5 Å². The second kappa shape index (κ2) is 9.35. The summed E-state index contributed by atoms with van der Waals surface area (Å²) in [6.07, 6.45) is 0.0712. The summed E-state index contributed by atoms with van der Waals surface area (Å²) in [5.41, 5.74) is 3.07. The lowest BCUT2D eigenvalue weighted by Gasteiger charge is -2.36. The zero-order chi connectivity index (χ0) is 22.0. The topological polar surface area (TPSA) is 80.6 Å². The molecule has 2 heterocycles. The maximum absolute atomic E-state index is 10.9. The first-order chi connectivity index (χ1) is 14.9. The Balaban J connectivity index is 1.41. The summed E-state index contributed by atoms with van der Waals surface area (Å²) in [6.45, 7) is 5.94. The fraction of sp³-hybridized carbons (Fsp3) is 0.348. The van der Waals surface area contributed by atoms with Crippen LogP contribution in [0.25, 0.3) is 0 Å². The van der Waals surface area contributed by atoms with Crippen molar-refractivity contribution in [2.75, 3.05) is 20.2 Å². The molecule has 4 rings (SSSR count). The van der Waals surface area contributed by atoms with Crippen LogP contribution in [0.1, 0.15) is 30.5 Å². The molecule has 2 aliphatic heterocycles. The molecule has 7 nitrogen and oxygen atoms in total. The van der Waals surface area contributed by atoms with Crippen LogP contribution >= 0.6 is 21.1 Å². The molecular weight excluding hydrogens is 511 g/mol. The first-order valence-corrected chi connectivity index (χ1v) is 12.1. The smallest absolute Gasteiger partial charge is 0.309 e. The minimum Gasteiger partial charge on any atom is -0.493 e. The average Bonchev–Trinajstić information content (AvgIpc) is 3.20. The van der Waals surface area contributed by atoms with Crippen molar-refractivity contribution in [3.63, 3.8) is 0 Å². The number of hydrogen-bond acceptors (Lipinski definition) is 6. The Morgan fingerprint density at radius 2 is 1.90 bits per heavy atom. The minimum absolute atomic E-state index is 0.0712. The number of nitrogens with zero attached hydrogens (tertiary/aromatic N) is 2. The van der Waals surface area contributed by atoms with Crippen LogP contribution in [0.15, 0.2) is 47.5 Å². The van der Waals surface area contributed by atoms with Gasteiger partial charge in [0.1, 0.15) is 24.8 Å². The van der Waals surface area contributed by atoms with Gasteiger partial charge in [-0.3, -0.25) is 9.69 Å². The van der Waals surface area contributed by atoms with E-state index in [9.17, 15) is 4.79 Å². The van der Waals surface area contributed by atoms with Crippen LogP contribution in [0.2, 0.25) is 0 Å². The lowest BCUT2D eigenvalue weighted by Crippen LogP contribution is -2.49. The Hall–Kier alpha value is -2.46. The third kappa shape index (κ3) is 5.07. The Kier molecular flexibility index (Phi) is 6.57. The predicted octanol–water partition coefficient (Wildman–Crippen LogP) is 3.84. The number of benzene rings is 2. The van der Waals surface area contributed by atoms with Crippen LogP contribution in [0.3, 0.4) is 0 Å². The van der Waals surface area contributed by atoms with Gasteiger partial charge in [0, 0.05) is 30.8 Å². The van der Waals surface area contributed by atoms with Crippen LogP contribution in [-0.2, 0) is 14.4 Å². The first-order valence-electron chi connectivity index (χ1n) is 10.1. The molecule has 0 atom stereocenters. The Morgan fingerprint density at radius 1 is 1.19 bits per heavy atom. The van der Waals surface area contributed by atoms with E-state index in [0.717, 1.165) is 32.6 Å². The Morgan fingerprint density at radius 3 is 2.55 bits per heavy atom. The molecule has 0 aliphatic carbocycles. The number of aliphatic imine (C=N–C) groups is 1. The van der Waals surface area contributed by atoms with Gasteiger partial charge in [-0.25, -0.2) is 4.99 Å². The molecule has 2 aliphatic rings. The SMILES string of the molecule is COc1cc(C2=IOC(c3ccc(CN4CC(C(=O)O)C4)cc3)=N2)ccc1OC(C)C. The largest absolute Gasteiger partial charge is 0.493 e. The van der Waals surface area contributed by atoms with Gasteiger partial charge in [0.05, 0.1) is 19.1 Å². The lowest BCUT2D eigenvalue weighted by atomic mass is 9.99.